The molecule has 4 rings (SSSR count). The molecule has 2 saturated carbocycles. The van der Waals surface area contributed by atoms with Crippen molar-refractivity contribution < 1.29 is 9.59 Å². The predicted octanol–water partition coefficient (Wildman–Crippen LogP) is 3.23. The van der Waals surface area contributed by atoms with E-state index in [0.717, 1.165) is 43.6 Å². The van der Waals surface area contributed by atoms with Gasteiger partial charge >= 0.3 is 0 Å². The van der Waals surface area contributed by atoms with E-state index in [4.69, 9.17) is 0 Å². The van der Waals surface area contributed by atoms with Gasteiger partial charge in [0.2, 0.25) is 5.91 Å². The van der Waals surface area contributed by atoms with Crippen molar-refractivity contribution in [2.24, 2.45) is 17.8 Å². The molecule has 2 bridgehead atoms. The number of rotatable bonds is 5. The summed E-state index contributed by atoms with van der Waals surface area (Å²) in [6.45, 7) is 1.44. The van der Waals surface area contributed by atoms with Crippen LogP contribution < -0.4 is 5.32 Å². The van der Waals surface area contributed by atoms with Crippen molar-refractivity contribution >= 4 is 11.8 Å². The quantitative estimate of drug-likeness (QED) is 0.894. The van der Waals surface area contributed by atoms with Gasteiger partial charge in [0.05, 0.1) is 0 Å². The van der Waals surface area contributed by atoms with Gasteiger partial charge in [0.25, 0.3) is 5.91 Å². The molecule has 1 aliphatic heterocycles. The summed E-state index contributed by atoms with van der Waals surface area (Å²) < 4.78 is 0. The van der Waals surface area contributed by atoms with Gasteiger partial charge in [-0.15, -0.1) is 0 Å². The molecule has 0 aromatic heterocycles. The van der Waals surface area contributed by atoms with Crippen LogP contribution in [0.1, 0.15) is 55.3 Å². The Kier molecular flexibility index (Phi) is 4.78. The number of nitrogens with zero attached hydrogens (tertiary/aromatic N) is 1. The third-order valence-corrected chi connectivity index (χ3v) is 6.54. The van der Waals surface area contributed by atoms with E-state index in [2.05, 4.69) is 5.32 Å². The van der Waals surface area contributed by atoms with E-state index >= 15 is 0 Å². The highest BCUT2D eigenvalue weighted by Crippen LogP contribution is 2.49. The number of benzene rings is 1. The van der Waals surface area contributed by atoms with Gasteiger partial charge in [0.1, 0.15) is 6.04 Å². The first kappa shape index (κ1) is 16.6. The molecule has 1 aromatic rings. The predicted molar refractivity (Wildman–Crippen MR) is 97.1 cm³/mol. The molecule has 25 heavy (non-hydrogen) atoms. The Morgan fingerprint density at radius 1 is 1.08 bits per heavy atom. The maximum Gasteiger partial charge on any atom is 0.254 e. The average Bonchev–Trinajstić information content (AvgIpc) is 3.38. The van der Waals surface area contributed by atoms with Gasteiger partial charge in [-0.2, -0.15) is 0 Å². The summed E-state index contributed by atoms with van der Waals surface area (Å²) in [6, 6.07) is 8.99. The zero-order chi connectivity index (χ0) is 17.2. The topological polar surface area (TPSA) is 49.4 Å². The Hall–Kier alpha value is -1.84. The van der Waals surface area contributed by atoms with Crippen molar-refractivity contribution in [1.82, 2.24) is 10.2 Å². The minimum atomic E-state index is -0.298. The maximum absolute atomic E-state index is 12.7. The zero-order valence-corrected chi connectivity index (χ0v) is 14.8. The third-order valence-electron chi connectivity index (χ3n) is 6.54. The molecule has 1 aromatic carbocycles. The molecule has 1 saturated heterocycles. The lowest BCUT2D eigenvalue weighted by Crippen LogP contribution is -2.46. The highest BCUT2D eigenvalue weighted by Gasteiger charge is 2.39. The first-order valence-electron chi connectivity index (χ1n) is 9.86. The first-order valence-corrected chi connectivity index (χ1v) is 9.86. The highest BCUT2D eigenvalue weighted by atomic mass is 16.2. The number of hydrogen-bond acceptors (Lipinski definition) is 2. The van der Waals surface area contributed by atoms with Gasteiger partial charge in [0, 0.05) is 18.7 Å². The van der Waals surface area contributed by atoms with Crippen LogP contribution in [0, 0.1) is 17.8 Å². The van der Waals surface area contributed by atoms with Gasteiger partial charge < -0.3 is 10.2 Å². The number of amides is 2. The first-order chi connectivity index (χ1) is 12.2. The standard InChI is InChI=1S/C21H28N2O2/c24-20(22-11-10-18-14-15-8-9-17(18)13-15)19-7-4-12-23(19)21(25)16-5-2-1-3-6-16/h1-3,5-6,15,17-19H,4,7-14H2,(H,22,24). The van der Waals surface area contributed by atoms with Crippen molar-refractivity contribution in [3.05, 3.63) is 35.9 Å². The molecular formula is C21H28N2O2. The Labute approximate surface area is 150 Å². The number of hydrogen-bond donors (Lipinski definition) is 1. The summed E-state index contributed by atoms with van der Waals surface area (Å²) in [5.74, 6) is 2.69. The van der Waals surface area contributed by atoms with Gasteiger partial charge in [-0.05, 0) is 68.4 Å². The molecular weight excluding hydrogens is 312 g/mol. The Balaban J connectivity index is 1.29. The summed E-state index contributed by atoms with van der Waals surface area (Å²) in [6.07, 6.45) is 8.38. The second kappa shape index (κ2) is 7.19. The molecule has 4 unspecified atom stereocenters. The summed E-state index contributed by atoms with van der Waals surface area (Å²) in [5, 5.41) is 3.11. The molecule has 1 heterocycles. The maximum atomic E-state index is 12.7. The SMILES string of the molecule is O=C(NCCC1CC2CCC1C2)C1CCCN1C(=O)c1ccccc1. The molecule has 2 aliphatic carbocycles. The number of fused-ring (bicyclic) bond motifs is 2. The summed E-state index contributed by atoms with van der Waals surface area (Å²) in [4.78, 5) is 27.0. The van der Waals surface area contributed by atoms with Crippen LogP contribution in [-0.4, -0.2) is 35.8 Å². The van der Waals surface area contributed by atoms with Crippen LogP contribution in [0.4, 0.5) is 0 Å². The van der Waals surface area contributed by atoms with E-state index < -0.39 is 0 Å². The van der Waals surface area contributed by atoms with Crippen molar-refractivity contribution in [1.29, 1.82) is 0 Å². The van der Waals surface area contributed by atoms with Gasteiger partial charge in [-0.1, -0.05) is 24.6 Å². The second-order valence-electron chi connectivity index (χ2n) is 8.04. The fraction of sp³-hybridized carbons (Fsp3) is 0.619. The zero-order valence-electron chi connectivity index (χ0n) is 14.8. The Bertz CT molecular complexity index is 630. The number of likely N-dealkylation sites (tertiary alicyclic amines) is 1. The monoisotopic (exact) mass is 340 g/mol. The van der Waals surface area contributed by atoms with E-state index in [0.29, 0.717) is 12.1 Å². The molecule has 0 spiro atoms. The fourth-order valence-corrected chi connectivity index (χ4v) is 5.26. The number of carbonyl (C=O) groups is 2. The van der Waals surface area contributed by atoms with Crippen molar-refractivity contribution in [3.8, 4) is 0 Å². The van der Waals surface area contributed by atoms with E-state index in [1.54, 1.807) is 4.90 Å². The van der Waals surface area contributed by atoms with Gasteiger partial charge in [-0.25, -0.2) is 0 Å². The average molecular weight is 340 g/mol. The molecule has 4 heteroatoms. The van der Waals surface area contributed by atoms with Crippen LogP contribution in [0.3, 0.4) is 0 Å². The van der Waals surface area contributed by atoms with Crippen LogP contribution in [0.25, 0.3) is 0 Å². The Morgan fingerprint density at radius 2 is 1.92 bits per heavy atom. The Morgan fingerprint density at radius 3 is 2.64 bits per heavy atom. The normalized spacial score (nSPS) is 30.6. The van der Waals surface area contributed by atoms with E-state index in [1.165, 1.54) is 25.7 Å². The smallest absolute Gasteiger partial charge is 0.254 e. The minimum absolute atomic E-state index is 0.0219. The van der Waals surface area contributed by atoms with Crippen LogP contribution in [0.15, 0.2) is 30.3 Å². The summed E-state index contributed by atoms with van der Waals surface area (Å²) in [7, 11) is 0. The number of carbonyl (C=O) groups excluding carboxylic acids is 2. The molecule has 3 fully saturated rings. The summed E-state index contributed by atoms with van der Waals surface area (Å²) in [5.41, 5.74) is 0.671. The van der Waals surface area contributed by atoms with E-state index in [9.17, 15) is 9.59 Å². The summed E-state index contributed by atoms with van der Waals surface area (Å²) >= 11 is 0. The molecule has 1 N–H and O–H groups in total. The van der Waals surface area contributed by atoms with Crippen LogP contribution in [0.5, 0.6) is 0 Å². The van der Waals surface area contributed by atoms with Crippen molar-refractivity contribution in [2.75, 3.05) is 13.1 Å². The molecule has 4 nitrogen and oxygen atoms in total. The van der Waals surface area contributed by atoms with Crippen molar-refractivity contribution in [3.63, 3.8) is 0 Å². The molecule has 3 aliphatic rings. The lowest BCUT2D eigenvalue weighted by atomic mass is 9.86. The lowest BCUT2D eigenvalue weighted by Gasteiger charge is -2.25. The molecule has 2 amide bonds. The molecule has 0 radical (unpaired) electrons. The van der Waals surface area contributed by atoms with E-state index in [1.807, 2.05) is 30.3 Å². The molecule has 4 atom stereocenters. The lowest BCUT2D eigenvalue weighted by molar-refractivity contribution is -0.124. The number of nitrogens with one attached hydrogen (secondary N) is 1. The van der Waals surface area contributed by atoms with Gasteiger partial charge in [-0.3, -0.25) is 9.59 Å². The third kappa shape index (κ3) is 3.44. The van der Waals surface area contributed by atoms with Gasteiger partial charge in [0.15, 0.2) is 0 Å². The minimum Gasteiger partial charge on any atom is -0.354 e. The van der Waals surface area contributed by atoms with Crippen LogP contribution in [0.2, 0.25) is 0 Å². The highest BCUT2D eigenvalue weighted by molar-refractivity contribution is 5.97. The molecule has 134 valence electrons. The largest absolute Gasteiger partial charge is 0.354 e. The van der Waals surface area contributed by atoms with Crippen LogP contribution >= 0.6 is 0 Å². The van der Waals surface area contributed by atoms with E-state index in [-0.39, 0.29) is 17.9 Å². The second-order valence-corrected chi connectivity index (χ2v) is 8.04. The fourth-order valence-electron chi connectivity index (χ4n) is 5.26. The van der Waals surface area contributed by atoms with Crippen molar-refractivity contribution in [2.45, 2.75) is 51.0 Å². The van der Waals surface area contributed by atoms with Crippen LogP contribution in [-0.2, 0) is 4.79 Å².